The molecule has 42 heavy (non-hydrogen) atoms. The molecule has 1 aromatic heterocycles. The monoisotopic (exact) mass is 572 g/mol. The highest BCUT2D eigenvalue weighted by Crippen LogP contribution is 2.24. The van der Waals surface area contributed by atoms with Gasteiger partial charge in [0.25, 0.3) is 5.91 Å². The number of oxazole rings is 1. The molecule has 0 saturated carbocycles. The van der Waals surface area contributed by atoms with E-state index in [1.165, 1.54) is 4.57 Å². The minimum absolute atomic E-state index is 0.267. The molecule has 3 atom stereocenters. The minimum Gasteiger partial charge on any atom is -0.479 e. The molecule has 1 fully saturated rings. The van der Waals surface area contributed by atoms with Crippen LogP contribution in [-0.2, 0) is 27.8 Å². The molecule has 0 radical (unpaired) electrons. The molecule has 2 heterocycles. The van der Waals surface area contributed by atoms with Gasteiger partial charge in [0.2, 0.25) is 0 Å². The van der Waals surface area contributed by atoms with Gasteiger partial charge < -0.3 is 30.0 Å². The van der Waals surface area contributed by atoms with Gasteiger partial charge in [0.15, 0.2) is 11.7 Å². The Kier molecular flexibility index (Phi) is 10.2. The number of aliphatic carboxylic acids is 1. The van der Waals surface area contributed by atoms with Crippen molar-refractivity contribution in [3.63, 3.8) is 0 Å². The van der Waals surface area contributed by atoms with E-state index in [1.54, 1.807) is 43.4 Å². The SMILES string of the molecule is Cn1c(=O)oc2ccc(-c3ccc(C[C@@H](C#N)NC(=O)[C@@H]4CNCCCO4)cc3)cc21.O=C(O)[C@H](O)c1ccccc1. The van der Waals surface area contributed by atoms with E-state index in [9.17, 15) is 19.6 Å². The average Bonchev–Trinajstić information content (AvgIpc) is 3.17. The molecule has 4 N–H and O–H groups in total. The van der Waals surface area contributed by atoms with E-state index in [0.29, 0.717) is 30.7 Å². The Hall–Kier alpha value is -4.76. The lowest BCUT2D eigenvalue weighted by Crippen LogP contribution is -2.46. The van der Waals surface area contributed by atoms with Crippen molar-refractivity contribution >= 4 is 23.0 Å². The third-order valence-corrected chi connectivity index (χ3v) is 6.78. The van der Waals surface area contributed by atoms with Gasteiger partial charge in [-0.05, 0) is 47.4 Å². The molecule has 1 aliphatic rings. The number of aliphatic hydroxyl groups excluding tert-OH is 1. The smallest absolute Gasteiger partial charge is 0.419 e. The van der Waals surface area contributed by atoms with Crippen LogP contribution in [-0.4, -0.2) is 58.5 Å². The topological polar surface area (TPSA) is 167 Å². The Morgan fingerprint density at radius 3 is 2.52 bits per heavy atom. The number of carboxylic acid groups (broad SMARTS) is 1. The molecule has 1 amide bonds. The van der Waals surface area contributed by atoms with E-state index < -0.39 is 30.0 Å². The van der Waals surface area contributed by atoms with Crippen molar-refractivity contribution in [2.24, 2.45) is 7.05 Å². The lowest BCUT2D eigenvalue weighted by atomic mass is 10.0. The van der Waals surface area contributed by atoms with Crippen LogP contribution in [0.15, 0.2) is 82.0 Å². The normalized spacial score (nSPS) is 16.3. The second-order valence-corrected chi connectivity index (χ2v) is 9.77. The van der Waals surface area contributed by atoms with Crippen LogP contribution in [0.4, 0.5) is 0 Å². The van der Waals surface area contributed by atoms with Gasteiger partial charge in [0.05, 0.1) is 11.6 Å². The van der Waals surface area contributed by atoms with Gasteiger partial charge >= 0.3 is 11.7 Å². The number of carboxylic acids is 1. The zero-order chi connectivity index (χ0) is 30.1. The molecular weight excluding hydrogens is 540 g/mol. The molecule has 1 saturated heterocycles. The summed E-state index contributed by atoms with van der Waals surface area (Å²) in [6, 6.07) is 23.2. The van der Waals surface area contributed by atoms with Gasteiger partial charge in [-0.15, -0.1) is 0 Å². The number of hydrogen-bond acceptors (Lipinski definition) is 8. The average molecular weight is 573 g/mol. The Morgan fingerprint density at radius 2 is 1.83 bits per heavy atom. The molecule has 11 nitrogen and oxygen atoms in total. The van der Waals surface area contributed by atoms with E-state index >= 15 is 0 Å². The fraction of sp³-hybridized carbons (Fsp3) is 0.290. The maximum absolute atomic E-state index is 12.4. The molecular formula is C31H32N4O7. The van der Waals surface area contributed by atoms with Crippen molar-refractivity contribution in [1.29, 1.82) is 5.26 Å². The van der Waals surface area contributed by atoms with Crippen molar-refractivity contribution in [3.8, 4) is 17.2 Å². The number of fused-ring (bicyclic) bond motifs is 1. The first kappa shape index (κ1) is 30.2. The fourth-order valence-corrected chi connectivity index (χ4v) is 4.43. The number of rotatable bonds is 7. The molecule has 4 aromatic rings. The number of benzene rings is 3. The van der Waals surface area contributed by atoms with Gasteiger partial charge in [-0.2, -0.15) is 5.26 Å². The summed E-state index contributed by atoms with van der Waals surface area (Å²) in [5.74, 6) is -1.88. The van der Waals surface area contributed by atoms with Crippen molar-refractivity contribution in [3.05, 3.63) is 94.5 Å². The van der Waals surface area contributed by atoms with E-state index in [0.717, 1.165) is 35.2 Å². The predicted octanol–water partition coefficient (Wildman–Crippen LogP) is 2.53. The second-order valence-electron chi connectivity index (χ2n) is 9.77. The third-order valence-electron chi connectivity index (χ3n) is 6.78. The molecule has 0 bridgehead atoms. The summed E-state index contributed by atoms with van der Waals surface area (Å²) in [7, 11) is 1.67. The Balaban J connectivity index is 0.000000310. The van der Waals surface area contributed by atoms with Crippen LogP contribution in [0.3, 0.4) is 0 Å². The predicted molar refractivity (Wildman–Crippen MR) is 154 cm³/mol. The Bertz CT molecular complexity index is 1600. The summed E-state index contributed by atoms with van der Waals surface area (Å²) in [6.07, 6.45) is -0.717. The number of nitrogens with one attached hydrogen (secondary N) is 2. The lowest BCUT2D eigenvalue weighted by Gasteiger charge is -2.18. The molecule has 0 unspecified atom stereocenters. The first-order chi connectivity index (χ1) is 20.3. The molecule has 5 rings (SSSR count). The molecule has 3 aromatic carbocycles. The number of hydrogen-bond donors (Lipinski definition) is 4. The molecule has 11 heteroatoms. The highest BCUT2D eigenvalue weighted by molar-refractivity contribution is 5.82. The van der Waals surface area contributed by atoms with Gasteiger partial charge in [-0.25, -0.2) is 9.59 Å². The summed E-state index contributed by atoms with van der Waals surface area (Å²) in [6.45, 7) is 1.80. The fourth-order valence-electron chi connectivity index (χ4n) is 4.43. The lowest BCUT2D eigenvalue weighted by molar-refractivity contribution is -0.147. The van der Waals surface area contributed by atoms with E-state index in [-0.39, 0.29) is 5.91 Å². The number of carbonyl (C=O) groups excluding carboxylic acids is 1. The minimum atomic E-state index is -1.41. The highest BCUT2D eigenvalue weighted by Gasteiger charge is 2.23. The third kappa shape index (κ3) is 7.70. The van der Waals surface area contributed by atoms with Crippen molar-refractivity contribution < 1.29 is 29.0 Å². The maximum atomic E-state index is 12.4. The van der Waals surface area contributed by atoms with E-state index in [1.807, 2.05) is 36.4 Å². The van der Waals surface area contributed by atoms with Crippen molar-refractivity contribution in [2.45, 2.75) is 31.1 Å². The molecule has 0 spiro atoms. The van der Waals surface area contributed by atoms with Crippen LogP contribution in [0.1, 0.15) is 23.7 Å². The van der Waals surface area contributed by atoms with Crippen LogP contribution in [0.25, 0.3) is 22.2 Å². The summed E-state index contributed by atoms with van der Waals surface area (Å²) < 4.78 is 12.2. The van der Waals surface area contributed by atoms with Gasteiger partial charge in [0, 0.05) is 26.6 Å². The number of aliphatic hydroxyl groups is 1. The summed E-state index contributed by atoms with van der Waals surface area (Å²) in [4.78, 5) is 34.4. The van der Waals surface area contributed by atoms with E-state index in [2.05, 4.69) is 16.7 Å². The second kappa shape index (κ2) is 14.2. The number of carbonyl (C=O) groups is 2. The summed E-state index contributed by atoms with van der Waals surface area (Å²) in [5, 5.41) is 32.8. The number of nitrogens with zero attached hydrogens (tertiary/aromatic N) is 2. The zero-order valence-electron chi connectivity index (χ0n) is 23.0. The first-order valence-electron chi connectivity index (χ1n) is 13.4. The highest BCUT2D eigenvalue weighted by atomic mass is 16.5. The summed E-state index contributed by atoms with van der Waals surface area (Å²) >= 11 is 0. The van der Waals surface area contributed by atoms with Gasteiger partial charge in [0.1, 0.15) is 12.1 Å². The quantitative estimate of drug-likeness (QED) is 0.260. The number of amides is 1. The van der Waals surface area contributed by atoms with E-state index in [4.69, 9.17) is 19.4 Å². The molecule has 1 aliphatic heterocycles. The Labute approximate surface area is 242 Å². The maximum Gasteiger partial charge on any atom is 0.419 e. The number of aromatic nitrogens is 1. The molecule has 0 aliphatic carbocycles. The summed E-state index contributed by atoms with van der Waals surface area (Å²) in [5.41, 5.74) is 4.56. The van der Waals surface area contributed by atoms with Crippen LogP contribution in [0.2, 0.25) is 0 Å². The largest absolute Gasteiger partial charge is 0.479 e. The van der Waals surface area contributed by atoms with Crippen molar-refractivity contribution in [1.82, 2.24) is 15.2 Å². The zero-order valence-corrected chi connectivity index (χ0v) is 23.0. The van der Waals surface area contributed by atoms with Crippen LogP contribution in [0, 0.1) is 11.3 Å². The van der Waals surface area contributed by atoms with Crippen molar-refractivity contribution in [2.75, 3.05) is 19.7 Å². The standard InChI is InChI=1S/C23H24N4O4.C8H8O3/c1-27-19-12-17(7-8-20(19)31-23(27)29)16-5-3-15(4-6-16)11-18(13-24)26-22(28)21-14-25-9-2-10-30-21;9-7(8(10)11)6-4-2-1-3-5-6/h3-8,12,18,21,25H,2,9-11,14H2,1H3,(H,26,28);1-5,7,9H,(H,10,11)/t18-,21-;7-/m01/s1. The number of ether oxygens (including phenoxy) is 1. The Morgan fingerprint density at radius 1 is 1.12 bits per heavy atom. The van der Waals surface area contributed by atoms with Gasteiger partial charge in [-0.3, -0.25) is 9.36 Å². The number of nitriles is 1. The van der Waals surface area contributed by atoms with Crippen LogP contribution in [0.5, 0.6) is 0 Å². The van der Waals surface area contributed by atoms with Crippen LogP contribution < -0.4 is 16.4 Å². The number of aryl methyl sites for hydroxylation is 1. The molecule has 218 valence electrons. The van der Waals surface area contributed by atoms with Gasteiger partial charge in [-0.1, -0.05) is 60.7 Å². The first-order valence-corrected chi connectivity index (χ1v) is 13.4. The van der Waals surface area contributed by atoms with Crippen LogP contribution >= 0.6 is 0 Å².